The maximum Gasteiger partial charge on any atom is 0.408 e. The summed E-state index contributed by atoms with van der Waals surface area (Å²) < 4.78 is 52.9. The second-order valence-electron chi connectivity index (χ2n) is 15.8. The summed E-state index contributed by atoms with van der Waals surface area (Å²) in [6.45, 7) is 11.6. The van der Waals surface area contributed by atoms with E-state index in [2.05, 4.69) is 22.0 Å². The first-order chi connectivity index (χ1) is 26.6. The summed E-state index contributed by atoms with van der Waals surface area (Å²) in [6.07, 6.45) is -0.526. The highest BCUT2D eigenvalue weighted by Gasteiger charge is 2.61. The molecule has 3 aromatic rings. The van der Waals surface area contributed by atoms with E-state index in [0.717, 1.165) is 6.07 Å². The summed E-state index contributed by atoms with van der Waals surface area (Å²) in [5.74, 6) is -5.21. The molecule has 1 unspecified atom stereocenters. The van der Waals surface area contributed by atoms with Gasteiger partial charge in [0.15, 0.2) is 0 Å². The van der Waals surface area contributed by atoms with Crippen molar-refractivity contribution in [3.63, 3.8) is 0 Å². The molecule has 57 heavy (non-hydrogen) atoms. The van der Waals surface area contributed by atoms with E-state index in [1.165, 1.54) is 62.6 Å². The number of alkyl carbamates (subject to hydrolysis) is 1. The third-order valence-electron chi connectivity index (χ3n) is 9.07. The van der Waals surface area contributed by atoms with Crippen LogP contribution in [-0.4, -0.2) is 68.0 Å². The SMILES string of the molecule is COc1cc(C(=O)OCCOC(=O)[C@@H](C)NC(=O)OC(C)(C)C)ccc1NC(=O)[C@@H]1NC(CC(C)(C)C)[C@](C#N)(c2ccc(Cl)cc2F)[C@H]1c1cccc(Cl)c1F. The number of hydrogen-bond donors (Lipinski definition) is 3. The highest BCUT2D eigenvalue weighted by molar-refractivity contribution is 6.31. The molecule has 3 aromatic carbocycles. The topological polar surface area (TPSA) is 165 Å². The van der Waals surface area contributed by atoms with Gasteiger partial charge in [-0.2, -0.15) is 5.26 Å². The average Bonchev–Trinajstić information content (AvgIpc) is 3.43. The fraction of sp³-hybridized carbons (Fsp3) is 0.439. The van der Waals surface area contributed by atoms with Crippen molar-refractivity contribution in [1.82, 2.24) is 10.6 Å². The van der Waals surface area contributed by atoms with E-state index in [1.54, 1.807) is 20.8 Å². The standard InChI is InChI=1S/C41H46Cl2F2N4O8/c1-22(47-38(53)57-40(5,6)7)36(51)55-16-17-56-37(52)23-12-15-29(30(18-23)54-8)48-35(50)34-32(25-10-9-11-27(43)33(25)45)41(21-46,31(49-34)20-39(2,3)4)26-14-13-24(42)19-28(26)44/h9-15,18-19,22,31-32,34,49H,16-17,20H2,1-8H3,(H,47,53)(H,48,50)/t22-,31?,32+,34-,41+/m1/s1. The summed E-state index contributed by atoms with van der Waals surface area (Å²) in [6, 6.07) is 11.3. The van der Waals surface area contributed by atoms with Gasteiger partial charge in [-0.05, 0) is 81.5 Å². The summed E-state index contributed by atoms with van der Waals surface area (Å²) in [7, 11) is 1.31. The number of anilines is 1. The third kappa shape index (κ3) is 10.7. The fourth-order valence-electron chi connectivity index (χ4n) is 6.72. The maximum absolute atomic E-state index is 16.0. The Balaban J connectivity index is 1.58. The number of carbonyl (C=O) groups is 4. The molecule has 0 saturated carbocycles. The van der Waals surface area contributed by atoms with E-state index in [9.17, 15) is 24.4 Å². The van der Waals surface area contributed by atoms with Gasteiger partial charge in [0.1, 0.15) is 47.7 Å². The molecule has 1 saturated heterocycles. The third-order valence-corrected chi connectivity index (χ3v) is 9.60. The smallest absolute Gasteiger partial charge is 0.408 e. The summed E-state index contributed by atoms with van der Waals surface area (Å²) >= 11 is 12.4. The average molecular weight is 832 g/mol. The van der Waals surface area contributed by atoms with Gasteiger partial charge in [0, 0.05) is 22.5 Å². The lowest BCUT2D eigenvalue weighted by atomic mass is 9.62. The number of nitrogens with zero attached hydrogens (tertiary/aromatic N) is 1. The number of ether oxygens (including phenoxy) is 4. The first-order valence-corrected chi connectivity index (χ1v) is 18.8. The Morgan fingerprint density at radius 2 is 1.67 bits per heavy atom. The van der Waals surface area contributed by atoms with Crippen LogP contribution in [0.3, 0.4) is 0 Å². The minimum absolute atomic E-state index is 0.0287. The zero-order valence-electron chi connectivity index (χ0n) is 32.9. The molecule has 1 aliphatic rings. The van der Waals surface area contributed by atoms with Crippen LogP contribution in [0.4, 0.5) is 19.3 Å². The first-order valence-electron chi connectivity index (χ1n) is 18.0. The first kappa shape index (κ1) is 44.7. The number of benzene rings is 3. The Morgan fingerprint density at radius 1 is 0.982 bits per heavy atom. The van der Waals surface area contributed by atoms with Crippen molar-refractivity contribution < 1.29 is 46.9 Å². The predicted octanol–water partition coefficient (Wildman–Crippen LogP) is 7.85. The quantitative estimate of drug-likeness (QED) is 0.0930. The van der Waals surface area contributed by atoms with Crippen molar-refractivity contribution in [1.29, 1.82) is 5.26 Å². The number of nitriles is 1. The molecule has 0 radical (unpaired) electrons. The van der Waals surface area contributed by atoms with Crippen molar-refractivity contribution in [2.24, 2.45) is 5.41 Å². The van der Waals surface area contributed by atoms with Crippen LogP contribution >= 0.6 is 23.2 Å². The van der Waals surface area contributed by atoms with Crippen molar-refractivity contribution >= 4 is 52.8 Å². The van der Waals surface area contributed by atoms with E-state index in [4.69, 9.17) is 42.1 Å². The number of hydrogen-bond acceptors (Lipinski definition) is 10. The number of amides is 2. The summed E-state index contributed by atoms with van der Waals surface area (Å²) in [5, 5.41) is 19.3. The number of methoxy groups -OCH3 is 1. The molecule has 306 valence electrons. The number of esters is 2. The minimum atomic E-state index is -1.84. The number of rotatable bonds is 12. The molecule has 1 heterocycles. The molecule has 0 bridgehead atoms. The highest BCUT2D eigenvalue weighted by atomic mass is 35.5. The molecule has 0 spiro atoms. The van der Waals surface area contributed by atoms with E-state index in [-0.39, 0.29) is 57.8 Å². The predicted molar refractivity (Wildman–Crippen MR) is 209 cm³/mol. The molecule has 16 heteroatoms. The molecule has 3 N–H and O–H groups in total. The van der Waals surface area contributed by atoms with Crippen LogP contribution in [0.25, 0.3) is 0 Å². The summed E-state index contributed by atoms with van der Waals surface area (Å²) in [5.41, 5.74) is -3.05. The zero-order chi connectivity index (χ0) is 42.5. The van der Waals surface area contributed by atoms with Crippen LogP contribution in [0.15, 0.2) is 54.6 Å². The Bertz CT molecular complexity index is 2050. The van der Waals surface area contributed by atoms with Gasteiger partial charge in [-0.15, -0.1) is 0 Å². The van der Waals surface area contributed by atoms with Crippen LogP contribution in [0, 0.1) is 28.4 Å². The van der Waals surface area contributed by atoms with Crippen molar-refractivity contribution in [3.05, 3.63) is 93.0 Å². The normalized spacial score (nSPS) is 19.8. The highest BCUT2D eigenvalue weighted by Crippen LogP contribution is 2.53. The van der Waals surface area contributed by atoms with Gasteiger partial charge in [-0.3, -0.25) is 4.79 Å². The zero-order valence-corrected chi connectivity index (χ0v) is 34.4. The molecule has 2 amide bonds. The van der Waals surface area contributed by atoms with Crippen LogP contribution in [0.1, 0.15) is 82.3 Å². The molecule has 4 rings (SSSR count). The molecule has 0 aromatic heterocycles. The molecule has 1 aliphatic heterocycles. The van der Waals surface area contributed by atoms with E-state index < -0.39 is 76.0 Å². The fourth-order valence-corrected chi connectivity index (χ4v) is 7.06. The van der Waals surface area contributed by atoms with Gasteiger partial charge < -0.3 is 34.9 Å². The molecule has 1 fully saturated rings. The van der Waals surface area contributed by atoms with Crippen LogP contribution in [-0.2, 0) is 29.2 Å². The Morgan fingerprint density at radius 3 is 2.28 bits per heavy atom. The lowest BCUT2D eigenvalue weighted by molar-refractivity contribution is -0.146. The van der Waals surface area contributed by atoms with Crippen LogP contribution in [0.2, 0.25) is 10.0 Å². The second-order valence-corrected chi connectivity index (χ2v) is 16.6. The van der Waals surface area contributed by atoms with Gasteiger partial charge >= 0.3 is 18.0 Å². The van der Waals surface area contributed by atoms with E-state index in [1.807, 2.05) is 20.8 Å². The van der Waals surface area contributed by atoms with Gasteiger partial charge in [0.05, 0.1) is 35.5 Å². The van der Waals surface area contributed by atoms with E-state index in [0.29, 0.717) is 0 Å². The molecule has 5 atom stereocenters. The Kier molecular flexibility index (Phi) is 14.2. The van der Waals surface area contributed by atoms with Gasteiger partial charge in [0.2, 0.25) is 5.91 Å². The number of nitrogens with one attached hydrogen (secondary N) is 3. The van der Waals surface area contributed by atoms with Gasteiger partial charge in [0.25, 0.3) is 0 Å². The number of carbonyl (C=O) groups excluding carboxylic acids is 4. The lowest BCUT2D eigenvalue weighted by Gasteiger charge is -2.37. The molecular formula is C41H46Cl2F2N4O8. The van der Waals surface area contributed by atoms with Crippen molar-refractivity contribution in [3.8, 4) is 11.8 Å². The number of halogens is 4. The van der Waals surface area contributed by atoms with Gasteiger partial charge in [-0.25, -0.2) is 23.2 Å². The van der Waals surface area contributed by atoms with Crippen molar-refractivity contribution in [2.45, 2.75) is 89.9 Å². The largest absolute Gasteiger partial charge is 0.495 e. The van der Waals surface area contributed by atoms with Gasteiger partial charge in [-0.1, -0.05) is 62.2 Å². The summed E-state index contributed by atoms with van der Waals surface area (Å²) in [4.78, 5) is 51.5. The minimum Gasteiger partial charge on any atom is -0.495 e. The Hall–Kier alpha value is -4.97. The molecular weight excluding hydrogens is 785 g/mol. The van der Waals surface area contributed by atoms with Crippen LogP contribution < -0.4 is 20.7 Å². The van der Waals surface area contributed by atoms with Crippen molar-refractivity contribution in [2.75, 3.05) is 25.6 Å². The van der Waals surface area contributed by atoms with E-state index >= 15 is 8.78 Å². The lowest BCUT2D eigenvalue weighted by Crippen LogP contribution is -2.45. The maximum atomic E-state index is 16.0. The Labute approximate surface area is 340 Å². The molecule has 12 nitrogen and oxygen atoms in total. The molecule has 0 aliphatic carbocycles. The monoisotopic (exact) mass is 830 g/mol. The second kappa shape index (κ2) is 18.1. The van der Waals surface area contributed by atoms with Crippen LogP contribution in [0.5, 0.6) is 5.75 Å².